The Labute approximate surface area is 107 Å². The predicted molar refractivity (Wildman–Crippen MR) is 68.3 cm³/mol. The summed E-state index contributed by atoms with van der Waals surface area (Å²) in [6, 6.07) is 5.31. The molecule has 0 radical (unpaired) electrons. The number of hydrogen-bond donors (Lipinski definition) is 0. The van der Waals surface area contributed by atoms with Crippen LogP contribution in [-0.2, 0) is 27.5 Å². The zero-order valence-corrected chi connectivity index (χ0v) is 11.0. The number of hydrogen-bond acceptors (Lipinski definition) is 3. The van der Waals surface area contributed by atoms with Crippen molar-refractivity contribution in [2.24, 2.45) is 5.92 Å². The van der Waals surface area contributed by atoms with Crippen molar-refractivity contribution in [3.8, 4) is 0 Å². The number of ketones is 1. The molecule has 2 aliphatic carbocycles. The zero-order chi connectivity index (χ0) is 12.8. The first-order chi connectivity index (χ1) is 8.56. The summed E-state index contributed by atoms with van der Waals surface area (Å²) in [5.74, 6) is -0.430. The fourth-order valence-electron chi connectivity index (χ4n) is 2.54. The maximum Gasteiger partial charge on any atom is 0.185 e. The van der Waals surface area contributed by atoms with E-state index in [-0.39, 0.29) is 17.5 Å². The third-order valence-corrected chi connectivity index (χ3v) is 5.43. The van der Waals surface area contributed by atoms with E-state index in [1.54, 1.807) is 12.1 Å². The molecule has 0 atom stereocenters. The Balaban J connectivity index is 1.86. The third kappa shape index (κ3) is 2.21. The van der Waals surface area contributed by atoms with Gasteiger partial charge in [0, 0.05) is 5.92 Å². The normalized spacial score (nSPS) is 18.7. The standard InChI is InChI=1S/C14H16O3S/c15-14(11-4-5-11)9-18(16,17)13-7-6-10-2-1-3-12(10)8-13/h6-8,11H,1-5,9H2. The van der Waals surface area contributed by atoms with E-state index in [1.165, 1.54) is 5.56 Å². The highest BCUT2D eigenvalue weighted by atomic mass is 32.2. The minimum absolute atomic E-state index is 0.00852. The minimum atomic E-state index is -3.44. The van der Waals surface area contributed by atoms with Gasteiger partial charge < -0.3 is 0 Å². The van der Waals surface area contributed by atoms with Crippen molar-refractivity contribution in [2.75, 3.05) is 5.75 Å². The molecule has 18 heavy (non-hydrogen) atoms. The highest BCUT2D eigenvalue weighted by Gasteiger charge is 2.33. The fourth-order valence-corrected chi connectivity index (χ4v) is 3.91. The van der Waals surface area contributed by atoms with Crippen molar-refractivity contribution < 1.29 is 13.2 Å². The molecule has 0 unspecified atom stereocenters. The predicted octanol–water partition coefficient (Wildman–Crippen LogP) is 1.93. The van der Waals surface area contributed by atoms with Crippen LogP contribution in [0.15, 0.2) is 23.1 Å². The van der Waals surface area contributed by atoms with Gasteiger partial charge in [-0.05, 0) is 55.4 Å². The average molecular weight is 264 g/mol. The maximum absolute atomic E-state index is 12.2. The highest BCUT2D eigenvalue weighted by Crippen LogP contribution is 2.31. The lowest BCUT2D eigenvalue weighted by Gasteiger charge is -2.06. The quantitative estimate of drug-likeness (QED) is 0.835. The second-order valence-corrected chi connectivity index (χ2v) is 7.27. The molecule has 0 bridgehead atoms. The summed E-state index contributed by atoms with van der Waals surface area (Å²) >= 11 is 0. The number of Topliss-reactive ketones (excluding diaryl/α,β-unsaturated/α-hetero) is 1. The Hall–Kier alpha value is -1.16. The van der Waals surface area contributed by atoms with Crippen LogP contribution in [0.3, 0.4) is 0 Å². The molecule has 3 rings (SSSR count). The Morgan fingerprint density at radius 3 is 2.61 bits per heavy atom. The molecule has 3 nitrogen and oxygen atoms in total. The lowest BCUT2D eigenvalue weighted by molar-refractivity contribution is -0.117. The molecule has 0 aromatic heterocycles. The van der Waals surface area contributed by atoms with E-state index in [1.807, 2.05) is 6.07 Å². The van der Waals surface area contributed by atoms with Gasteiger partial charge in [-0.25, -0.2) is 8.42 Å². The summed E-state index contributed by atoms with van der Waals surface area (Å²) in [4.78, 5) is 12.0. The topological polar surface area (TPSA) is 51.2 Å². The Morgan fingerprint density at radius 2 is 1.89 bits per heavy atom. The molecule has 1 aromatic rings. The second-order valence-electron chi connectivity index (χ2n) is 5.28. The first kappa shape index (κ1) is 11.9. The Bertz CT molecular complexity index is 597. The molecule has 0 amide bonds. The van der Waals surface area contributed by atoms with E-state index < -0.39 is 9.84 Å². The summed E-state index contributed by atoms with van der Waals surface area (Å²) < 4.78 is 24.3. The van der Waals surface area contributed by atoms with E-state index >= 15 is 0 Å². The van der Waals surface area contributed by atoms with Gasteiger partial charge in [0.05, 0.1) is 4.90 Å². The Morgan fingerprint density at radius 1 is 1.17 bits per heavy atom. The molecule has 0 N–H and O–H groups in total. The maximum atomic E-state index is 12.2. The third-order valence-electron chi connectivity index (χ3n) is 3.79. The largest absolute Gasteiger partial charge is 0.298 e. The van der Waals surface area contributed by atoms with Crippen LogP contribution in [0.4, 0.5) is 0 Å². The van der Waals surface area contributed by atoms with Crippen LogP contribution in [0.1, 0.15) is 30.4 Å². The van der Waals surface area contributed by atoms with Crippen LogP contribution >= 0.6 is 0 Å². The molecule has 0 spiro atoms. The number of carbonyl (C=O) groups is 1. The number of carbonyl (C=O) groups excluding carboxylic acids is 1. The fraction of sp³-hybridized carbons (Fsp3) is 0.500. The Kier molecular flexibility index (Phi) is 2.77. The van der Waals surface area contributed by atoms with Gasteiger partial charge in [0.15, 0.2) is 15.6 Å². The molecular formula is C14H16O3S. The number of sulfone groups is 1. The average Bonchev–Trinajstić information content (AvgIpc) is 3.06. The van der Waals surface area contributed by atoms with Crippen LogP contribution in [0.25, 0.3) is 0 Å². The minimum Gasteiger partial charge on any atom is -0.298 e. The number of benzene rings is 1. The van der Waals surface area contributed by atoms with Crippen molar-refractivity contribution in [1.82, 2.24) is 0 Å². The number of aryl methyl sites for hydroxylation is 2. The molecule has 2 aliphatic rings. The van der Waals surface area contributed by atoms with Gasteiger partial charge in [0.1, 0.15) is 5.75 Å². The van der Waals surface area contributed by atoms with Crippen LogP contribution in [0.5, 0.6) is 0 Å². The van der Waals surface area contributed by atoms with Crippen LogP contribution in [-0.4, -0.2) is 20.0 Å². The van der Waals surface area contributed by atoms with Gasteiger partial charge in [0.2, 0.25) is 0 Å². The van der Waals surface area contributed by atoms with Gasteiger partial charge in [-0.15, -0.1) is 0 Å². The zero-order valence-electron chi connectivity index (χ0n) is 10.2. The lowest BCUT2D eigenvalue weighted by atomic mass is 10.1. The molecule has 1 fully saturated rings. The van der Waals surface area contributed by atoms with Gasteiger partial charge in [-0.2, -0.15) is 0 Å². The van der Waals surface area contributed by atoms with Gasteiger partial charge in [-0.3, -0.25) is 4.79 Å². The van der Waals surface area contributed by atoms with Crippen molar-refractivity contribution in [3.63, 3.8) is 0 Å². The molecule has 0 aliphatic heterocycles. The summed E-state index contributed by atoms with van der Waals surface area (Å²) in [7, 11) is -3.44. The van der Waals surface area contributed by atoms with Crippen molar-refractivity contribution in [1.29, 1.82) is 0 Å². The van der Waals surface area contributed by atoms with Crippen LogP contribution in [0.2, 0.25) is 0 Å². The summed E-state index contributed by atoms with van der Waals surface area (Å²) in [6.45, 7) is 0. The summed E-state index contributed by atoms with van der Waals surface area (Å²) in [5.41, 5.74) is 2.39. The first-order valence-corrected chi connectivity index (χ1v) is 8.09. The van der Waals surface area contributed by atoms with Gasteiger partial charge in [-0.1, -0.05) is 6.07 Å². The molecule has 1 aromatic carbocycles. The molecule has 0 heterocycles. The SMILES string of the molecule is O=C(CS(=O)(=O)c1ccc2c(c1)CCC2)C1CC1. The van der Waals surface area contributed by atoms with Crippen molar-refractivity contribution in [2.45, 2.75) is 37.0 Å². The second kappa shape index (κ2) is 4.19. The van der Waals surface area contributed by atoms with E-state index in [2.05, 4.69) is 0 Å². The van der Waals surface area contributed by atoms with Crippen LogP contribution < -0.4 is 0 Å². The lowest BCUT2D eigenvalue weighted by Crippen LogP contribution is -2.17. The summed E-state index contributed by atoms with van der Waals surface area (Å²) in [6.07, 6.45) is 4.81. The van der Waals surface area contributed by atoms with Gasteiger partial charge >= 0.3 is 0 Å². The number of rotatable bonds is 4. The van der Waals surface area contributed by atoms with Crippen molar-refractivity contribution >= 4 is 15.6 Å². The highest BCUT2D eigenvalue weighted by molar-refractivity contribution is 7.92. The van der Waals surface area contributed by atoms with E-state index in [0.717, 1.165) is 37.7 Å². The molecule has 96 valence electrons. The van der Waals surface area contributed by atoms with E-state index in [0.29, 0.717) is 4.90 Å². The molecule has 4 heteroatoms. The van der Waals surface area contributed by atoms with E-state index in [9.17, 15) is 13.2 Å². The van der Waals surface area contributed by atoms with Crippen molar-refractivity contribution in [3.05, 3.63) is 29.3 Å². The molecular weight excluding hydrogens is 248 g/mol. The molecule has 0 saturated heterocycles. The smallest absolute Gasteiger partial charge is 0.185 e. The first-order valence-electron chi connectivity index (χ1n) is 6.43. The van der Waals surface area contributed by atoms with E-state index in [4.69, 9.17) is 0 Å². The van der Waals surface area contributed by atoms with Crippen LogP contribution in [0, 0.1) is 5.92 Å². The van der Waals surface area contributed by atoms with Gasteiger partial charge in [0.25, 0.3) is 0 Å². The monoisotopic (exact) mass is 264 g/mol. The summed E-state index contributed by atoms with van der Waals surface area (Å²) in [5, 5.41) is 0. The number of fused-ring (bicyclic) bond motifs is 1. The molecule has 1 saturated carbocycles.